The highest BCUT2D eigenvalue weighted by Gasteiger charge is 2.34. The van der Waals surface area contributed by atoms with E-state index in [0.29, 0.717) is 5.89 Å². The van der Waals surface area contributed by atoms with E-state index < -0.39 is 12.8 Å². The third-order valence-corrected chi connectivity index (χ3v) is 3.08. The molecule has 0 radical (unpaired) electrons. The minimum Gasteiger partial charge on any atom is -0.364 e. The molecule has 0 spiro atoms. The summed E-state index contributed by atoms with van der Waals surface area (Å²) in [6.07, 6.45) is -2.43. The minimum absolute atomic E-state index is 0.144. The van der Waals surface area contributed by atoms with Crippen LogP contribution in [0.25, 0.3) is 0 Å². The summed E-state index contributed by atoms with van der Waals surface area (Å²) in [4.78, 5) is 4.12. The normalized spacial score (nSPS) is 24.6. The van der Waals surface area contributed by atoms with Gasteiger partial charge in [0, 0.05) is 6.54 Å². The fraction of sp³-hybridized carbons (Fsp3) is 0.818. The predicted molar refractivity (Wildman–Crippen MR) is 59.5 cm³/mol. The molecule has 1 fully saturated rings. The van der Waals surface area contributed by atoms with Gasteiger partial charge in [0.25, 0.3) is 0 Å². The highest BCUT2D eigenvalue weighted by molar-refractivity contribution is 5.05. The van der Waals surface area contributed by atoms with Crippen molar-refractivity contribution in [2.75, 3.05) is 19.7 Å². The number of hydrogen-bond acceptors (Lipinski definition) is 5. The van der Waals surface area contributed by atoms with Crippen LogP contribution in [0.2, 0.25) is 0 Å². The molecule has 108 valence electrons. The number of nitrogens with zero attached hydrogens (tertiary/aromatic N) is 2. The Hall–Kier alpha value is -1.15. The lowest BCUT2D eigenvalue weighted by Gasteiger charge is -2.30. The Morgan fingerprint density at radius 3 is 2.89 bits per heavy atom. The van der Waals surface area contributed by atoms with Gasteiger partial charge >= 0.3 is 6.18 Å². The van der Waals surface area contributed by atoms with E-state index in [9.17, 15) is 13.2 Å². The SMILES string of the molecule is CC1(c2nc(COCC(F)(F)F)no2)CCCNC1. The van der Waals surface area contributed by atoms with E-state index in [1.165, 1.54) is 0 Å². The molecule has 2 rings (SSSR count). The van der Waals surface area contributed by atoms with E-state index in [4.69, 9.17) is 4.52 Å². The van der Waals surface area contributed by atoms with Crippen LogP contribution in [0.15, 0.2) is 4.52 Å². The van der Waals surface area contributed by atoms with Crippen molar-refractivity contribution in [2.24, 2.45) is 0 Å². The van der Waals surface area contributed by atoms with E-state index in [-0.39, 0.29) is 17.8 Å². The first-order valence-electron chi connectivity index (χ1n) is 6.07. The van der Waals surface area contributed by atoms with Crippen molar-refractivity contribution >= 4 is 0 Å². The van der Waals surface area contributed by atoms with Crippen LogP contribution < -0.4 is 5.32 Å². The minimum atomic E-state index is -4.34. The fourth-order valence-electron chi connectivity index (χ4n) is 2.05. The molecule has 1 aromatic rings. The molecule has 1 unspecified atom stereocenters. The Kier molecular flexibility index (Phi) is 4.10. The Morgan fingerprint density at radius 1 is 1.47 bits per heavy atom. The number of aromatic nitrogens is 2. The van der Waals surface area contributed by atoms with E-state index in [1.54, 1.807) is 0 Å². The lowest BCUT2D eigenvalue weighted by molar-refractivity contribution is -0.177. The fourth-order valence-corrected chi connectivity index (χ4v) is 2.05. The molecule has 0 amide bonds. The van der Waals surface area contributed by atoms with Gasteiger partial charge in [0.05, 0.1) is 5.41 Å². The Morgan fingerprint density at radius 2 is 2.26 bits per heavy atom. The van der Waals surface area contributed by atoms with Crippen LogP contribution in [0.3, 0.4) is 0 Å². The van der Waals surface area contributed by atoms with Crippen molar-refractivity contribution in [3.05, 3.63) is 11.7 Å². The largest absolute Gasteiger partial charge is 0.411 e. The molecule has 1 aromatic heterocycles. The van der Waals surface area contributed by atoms with Crippen molar-refractivity contribution in [2.45, 2.75) is 38.0 Å². The van der Waals surface area contributed by atoms with Crippen molar-refractivity contribution in [3.63, 3.8) is 0 Å². The molecule has 8 heteroatoms. The maximum Gasteiger partial charge on any atom is 0.411 e. The lowest BCUT2D eigenvalue weighted by atomic mass is 9.83. The second kappa shape index (κ2) is 5.46. The summed E-state index contributed by atoms with van der Waals surface area (Å²) in [5, 5.41) is 6.89. The van der Waals surface area contributed by atoms with Crippen LogP contribution in [-0.4, -0.2) is 36.0 Å². The van der Waals surface area contributed by atoms with Crippen molar-refractivity contribution < 1.29 is 22.4 Å². The summed E-state index contributed by atoms with van der Waals surface area (Å²) in [6, 6.07) is 0. The quantitative estimate of drug-likeness (QED) is 0.910. The first-order valence-corrected chi connectivity index (χ1v) is 6.07. The highest BCUT2D eigenvalue weighted by Crippen LogP contribution is 2.29. The maximum atomic E-state index is 11.9. The topological polar surface area (TPSA) is 60.2 Å². The van der Waals surface area contributed by atoms with Gasteiger partial charge in [0.1, 0.15) is 13.2 Å². The van der Waals surface area contributed by atoms with Gasteiger partial charge in [-0.1, -0.05) is 5.16 Å². The van der Waals surface area contributed by atoms with Crippen LogP contribution >= 0.6 is 0 Å². The molecule has 0 bridgehead atoms. The maximum absolute atomic E-state index is 11.9. The highest BCUT2D eigenvalue weighted by atomic mass is 19.4. The number of halogens is 3. The van der Waals surface area contributed by atoms with Gasteiger partial charge in [-0.05, 0) is 26.3 Å². The number of nitrogens with one attached hydrogen (secondary N) is 1. The van der Waals surface area contributed by atoms with Gasteiger partial charge in [-0.3, -0.25) is 0 Å². The summed E-state index contributed by atoms with van der Waals surface area (Å²) in [5.74, 6) is 0.594. The number of rotatable bonds is 4. The molecule has 0 aliphatic carbocycles. The van der Waals surface area contributed by atoms with Crippen LogP contribution in [0.5, 0.6) is 0 Å². The van der Waals surface area contributed by atoms with Crippen LogP contribution in [0.4, 0.5) is 13.2 Å². The third kappa shape index (κ3) is 3.90. The Balaban J connectivity index is 1.91. The van der Waals surface area contributed by atoms with Gasteiger partial charge < -0.3 is 14.6 Å². The molecule has 19 heavy (non-hydrogen) atoms. The average molecular weight is 279 g/mol. The molecule has 1 aliphatic heterocycles. The Labute approximate surface area is 108 Å². The predicted octanol–water partition coefficient (Wildman–Crippen LogP) is 1.79. The zero-order valence-corrected chi connectivity index (χ0v) is 10.6. The molecule has 1 atom stereocenters. The lowest BCUT2D eigenvalue weighted by Crippen LogP contribution is -2.41. The summed E-state index contributed by atoms with van der Waals surface area (Å²) < 4.78 is 45.4. The molecule has 0 saturated carbocycles. The number of piperidine rings is 1. The van der Waals surface area contributed by atoms with Crippen LogP contribution in [-0.2, 0) is 16.8 Å². The second-order valence-corrected chi connectivity index (χ2v) is 4.96. The molecule has 1 aliphatic rings. The van der Waals surface area contributed by atoms with Crippen LogP contribution in [0, 0.1) is 0 Å². The number of alkyl halides is 3. The van der Waals surface area contributed by atoms with E-state index in [2.05, 4.69) is 20.2 Å². The summed E-state index contributed by atoms with van der Waals surface area (Å²) in [7, 11) is 0. The van der Waals surface area contributed by atoms with Gasteiger partial charge in [-0.2, -0.15) is 18.2 Å². The van der Waals surface area contributed by atoms with Gasteiger partial charge in [0.15, 0.2) is 5.82 Å². The standard InChI is InChI=1S/C11H16F3N3O2/c1-10(3-2-4-15-6-10)9-16-8(17-19-9)5-18-7-11(12,13)14/h15H,2-7H2,1H3. The van der Waals surface area contributed by atoms with Gasteiger partial charge in [0.2, 0.25) is 5.89 Å². The third-order valence-electron chi connectivity index (χ3n) is 3.08. The summed E-state index contributed by atoms with van der Waals surface area (Å²) in [6.45, 7) is 2.05. The zero-order valence-electron chi connectivity index (χ0n) is 10.6. The van der Waals surface area contributed by atoms with Gasteiger partial charge in [-0.15, -0.1) is 0 Å². The van der Waals surface area contributed by atoms with E-state index in [1.807, 2.05) is 6.92 Å². The van der Waals surface area contributed by atoms with Crippen LogP contribution in [0.1, 0.15) is 31.5 Å². The first kappa shape index (κ1) is 14.3. The molecule has 0 aromatic carbocycles. The smallest absolute Gasteiger partial charge is 0.364 e. The van der Waals surface area contributed by atoms with E-state index in [0.717, 1.165) is 25.9 Å². The van der Waals surface area contributed by atoms with Crippen molar-refractivity contribution in [1.29, 1.82) is 0 Å². The molecule has 1 saturated heterocycles. The zero-order chi connectivity index (χ0) is 13.9. The molecule has 1 N–H and O–H groups in total. The van der Waals surface area contributed by atoms with Crippen molar-refractivity contribution in [1.82, 2.24) is 15.5 Å². The monoisotopic (exact) mass is 279 g/mol. The molecule has 5 nitrogen and oxygen atoms in total. The second-order valence-electron chi connectivity index (χ2n) is 4.96. The van der Waals surface area contributed by atoms with Crippen molar-refractivity contribution in [3.8, 4) is 0 Å². The van der Waals surface area contributed by atoms with Gasteiger partial charge in [-0.25, -0.2) is 0 Å². The summed E-state index contributed by atoms with van der Waals surface area (Å²) in [5.41, 5.74) is -0.256. The number of ether oxygens (including phenoxy) is 1. The Bertz CT molecular complexity index is 414. The molecular formula is C11H16F3N3O2. The molecular weight excluding hydrogens is 263 g/mol. The average Bonchev–Trinajstić information content (AvgIpc) is 2.78. The van der Waals surface area contributed by atoms with E-state index >= 15 is 0 Å². The summed E-state index contributed by atoms with van der Waals surface area (Å²) >= 11 is 0. The molecule has 2 heterocycles. The first-order chi connectivity index (χ1) is 8.89. The number of hydrogen-bond donors (Lipinski definition) is 1.